The maximum Gasteiger partial charge on any atom is 0.351 e. The van der Waals surface area contributed by atoms with Gasteiger partial charge in [-0.05, 0) is 6.07 Å². The first kappa shape index (κ1) is 16.8. The van der Waals surface area contributed by atoms with E-state index in [-0.39, 0.29) is 5.82 Å². The van der Waals surface area contributed by atoms with E-state index in [4.69, 9.17) is 14.2 Å². The lowest BCUT2D eigenvalue weighted by Gasteiger charge is -2.23. The summed E-state index contributed by atoms with van der Waals surface area (Å²) in [5.74, 6) is -0.915. The van der Waals surface area contributed by atoms with Crippen LogP contribution in [-0.2, 0) is 23.8 Å². The highest BCUT2D eigenvalue weighted by Gasteiger charge is 2.44. The fourth-order valence-corrected chi connectivity index (χ4v) is 2.35. The number of carbonyl (C=O) groups is 2. The second-order valence-electron chi connectivity index (χ2n) is 5.13. The number of aromatic nitrogens is 5. The highest BCUT2D eigenvalue weighted by Crippen LogP contribution is 2.30. The van der Waals surface area contributed by atoms with E-state index in [0.29, 0.717) is 0 Å². The molecule has 1 aliphatic heterocycles. The van der Waals surface area contributed by atoms with Gasteiger partial charge in [-0.2, -0.15) is 10.1 Å². The molecule has 0 aliphatic carbocycles. The molecule has 0 amide bonds. The van der Waals surface area contributed by atoms with Gasteiger partial charge < -0.3 is 14.2 Å². The van der Waals surface area contributed by atoms with Crippen LogP contribution in [0.3, 0.4) is 0 Å². The summed E-state index contributed by atoms with van der Waals surface area (Å²) < 4.78 is 18.0. The summed E-state index contributed by atoms with van der Waals surface area (Å²) in [5.41, 5.74) is -0.660. The van der Waals surface area contributed by atoms with Crippen LogP contribution in [0, 0.1) is 6.61 Å². The molecule has 11 nitrogen and oxygen atoms in total. The van der Waals surface area contributed by atoms with Crippen LogP contribution in [-0.4, -0.2) is 48.5 Å². The number of nitrogens with zero attached hydrogens (tertiary/aromatic N) is 5. The van der Waals surface area contributed by atoms with Gasteiger partial charge in [0, 0.05) is 20.0 Å². The Labute approximate surface area is 141 Å². The van der Waals surface area contributed by atoms with Crippen LogP contribution in [0.15, 0.2) is 29.7 Å². The summed E-state index contributed by atoms with van der Waals surface area (Å²) in [5, 5.41) is 3.88. The van der Waals surface area contributed by atoms with Crippen molar-refractivity contribution in [1.29, 1.82) is 0 Å². The highest BCUT2D eigenvalue weighted by atomic mass is 16.6. The standard InChI is InChI=1S/C14H14N5O6/c1-8(20)24-10-5-23-13(12(10)25-9(2)21)18-4-3-11(17-14(18)22)19-7-15-6-16-19/h3-7,10,12-13H,1-2H3/t10-,12-,13?/m1/s1. The average Bonchev–Trinajstić information content (AvgIpc) is 3.18. The summed E-state index contributed by atoms with van der Waals surface area (Å²) in [6.07, 6.45) is 1.15. The first-order valence-corrected chi connectivity index (χ1v) is 7.23. The van der Waals surface area contributed by atoms with Crippen LogP contribution < -0.4 is 5.69 Å². The number of hydrogen-bond donors (Lipinski definition) is 0. The molecule has 0 spiro atoms. The monoisotopic (exact) mass is 348 g/mol. The molecule has 3 heterocycles. The second-order valence-corrected chi connectivity index (χ2v) is 5.13. The minimum Gasteiger partial charge on any atom is -0.455 e. The maximum absolute atomic E-state index is 12.3. The van der Waals surface area contributed by atoms with E-state index < -0.39 is 36.1 Å². The predicted molar refractivity (Wildman–Crippen MR) is 78.9 cm³/mol. The molecule has 0 bridgehead atoms. The van der Waals surface area contributed by atoms with E-state index in [1.54, 1.807) is 0 Å². The normalized spacial score (nSPS) is 22.6. The van der Waals surface area contributed by atoms with E-state index in [2.05, 4.69) is 15.1 Å². The molecule has 131 valence electrons. The lowest BCUT2D eigenvalue weighted by Crippen LogP contribution is -2.39. The Bertz CT molecular complexity index is 832. The molecule has 25 heavy (non-hydrogen) atoms. The van der Waals surface area contributed by atoms with Crippen LogP contribution in [0.25, 0.3) is 5.82 Å². The summed E-state index contributed by atoms with van der Waals surface area (Å²) >= 11 is 0. The van der Waals surface area contributed by atoms with Gasteiger partial charge in [-0.1, -0.05) is 0 Å². The Morgan fingerprint density at radius 3 is 2.60 bits per heavy atom. The van der Waals surface area contributed by atoms with Crippen molar-refractivity contribution < 1.29 is 23.8 Å². The van der Waals surface area contributed by atoms with Gasteiger partial charge in [0.15, 0.2) is 24.3 Å². The highest BCUT2D eigenvalue weighted by molar-refractivity contribution is 5.67. The van der Waals surface area contributed by atoms with Gasteiger partial charge in [0.1, 0.15) is 19.3 Å². The molecule has 2 aromatic rings. The van der Waals surface area contributed by atoms with Crippen LogP contribution in [0.5, 0.6) is 0 Å². The van der Waals surface area contributed by atoms with E-state index in [0.717, 1.165) is 4.57 Å². The molecule has 2 aromatic heterocycles. The number of hydrogen-bond acceptors (Lipinski definition) is 9. The fourth-order valence-electron chi connectivity index (χ4n) is 2.35. The Morgan fingerprint density at radius 1 is 1.24 bits per heavy atom. The minimum absolute atomic E-state index is 0.265. The first-order chi connectivity index (χ1) is 12.0. The van der Waals surface area contributed by atoms with E-state index in [9.17, 15) is 14.4 Å². The molecule has 1 saturated heterocycles. The van der Waals surface area contributed by atoms with Crippen molar-refractivity contribution >= 4 is 11.9 Å². The van der Waals surface area contributed by atoms with Crippen molar-refractivity contribution in [1.82, 2.24) is 24.3 Å². The number of ether oxygens (including phenoxy) is 3. The molecule has 3 rings (SSSR count). The summed E-state index contributed by atoms with van der Waals surface area (Å²) in [6.45, 7) is 3.62. The minimum atomic E-state index is -1.02. The smallest absolute Gasteiger partial charge is 0.351 e. The van der Waals surface area contributed by atoms with Crippen LogP contribution in [0.1, 0.15) is 20.1 Å². The molecule has 1 unspecified atom stereocenters. The number of carbonyl (C=O) groups excluding carboxylic acids is 2. The second kappa shape index (κ2) is 6.81. The van der Waals surface area contributed by atoms with Crippen LogP contribution >= 0.6 is 0 Å². The van der Waals surface area contributed by atoms with E-state index in [1.807, 2.05) is 0 Å². The summed E-state index contributed by atoms with van der Waals surface area (Å²) in [7, 11) is 0. The van der Waals surface area contributed by atoms with Gasteiger partial charge in [0.25, 0.3) is 0 Å². The predicted octanol–water partition coefficient (Wildman–Crippen LogP) is -0.622. The largest absolute Gasteiger partial charge is 0.455 e. The molecule has 0 saturated carbocycles. The molecule has 1 aliphatic rings. The molecule has 0 N–H and O–H groups in total. The zero-order chi connectivity index (χ0) is 18.0. The van der Waals surface area contributed by atoms with Crippen molar-refractivity contribution in [2.24, 2.45) is 0 Å². The van der Waals surface area contributed by atoms with E-state index in [1.165, 1.54) is 50.1 Å². The van der Waals surface area contributed by atoms with Crippen molar-refractivity contribution in [2.75, 3.05) is 0 Å². The van der Waals surface area contributed by atoms with Gasteiger partial charge in [-0.3, -0.25) is 14.2 Å². The lowest BCUT2D eigenvalue weighted by atomic mass is 10.2. The summed E-state index contributed by atoms with van der Waals surface area (Å²) in [4.78, 5) is 42.5. The lowest BCUT2D eigenvalue weighted by molar-refractivity contribution is -0.164. The maximum atomic E-state index is 12.3. The van der Waals surface area contributed by atoms with Gasteiger partial charge >= 0.3 is 17.6 Å². The van der Waals surface area contributed by atoms with Gasteiger partial charge in [0.2, 0.25) is 0 Å². The zero-order valence-corrected chi connectivity index (χ0v) is 13.3. The SMILES string of the molecule is CC(=O)O[C@@H]1[CH]OC(n2ccc(-n3cncn3)nc2=O)[C@@H]1OC(C)=O. The third-order valence-electron chi connectivity index (χ3n) is 3.30. The first-order valence-electron chi connectivity index (χ1n) is 7.23. The van der Waals surface area contributed by atoms with Crippen LogP contribution in [0.2, 0.25) is 0 Å². The Kier molecular flexibility index (Phi) is 4.57. The molecule has 1 radical (unpaired) electrons. The molecule has 1 fully saturated rings. The Hall–Kier alpha value is -3.08. The quantitative estimate of drug-likeness (QED) is 0.664. The molecule has 0 aromatic carbocycles. The van der Waals surface area contributed by atoms with E-state index >= 15 is 0 Å². The topological polar surface area (TPSA) is 127 Å². The third kappa shape index (κ3) is 3.55. The molecular formula is C14H14N5O6. The third-order valence-corrected chi connectivity index (χ3v) is 3.30. The zero-order valence-electron chi connectivity index (χ0n) is 13.3. The molecule has 11 heteroatoms. The van der Waals surface area contributed by atoms with Crippen molar-refractivity contribution in [3.05, 3.63) is 42.0 Å². The van der Waals surface area contributed by atoms with Crippen molar-refractivity contribution in [3.8, 4) is 5.82 Å². The molecular weight excluding hydrogens is 334 g/mol. The van der Waals surface area contributed by atoms with Crippen molar-refractivity contribution in [3.63, 3.8) is 0 Å². The molecule has 3 atom stereocenters. The van der Waals surface area contributed by atoms with Crippen molar-refractivity contribution in [2.45, 2.75) is 32.3 Å². The Morgan fingerprint density at radius 2 is 2.00 bits per heavy atom. The summed E-state index contributed by atoms with van der Waals surface area (Å²) in [6, 6.07) is 1.52. The number of rotatable bonds is 4. The van der Waals surface area contributed by atoms with Gasteiger partial charge in [0.05, 0.1) is 0 Å². The van der Waals surface area contributed by atoms with Gasteiger partial charge in [-0.25, -0.2) is 14.5 Å². The number of esters is 2. The van der Waals surface area contributed by atoms with Crippen LogP contribution in [0.4, 0.5) is 0 Å². The Balaban J connectivity index is 1.90. The fraction of sp³-hybridized carbons (Fsp3) is 0.357. The van der Waals surface area contributed by atoms with Gasteiger partial charge in [-0.15, -0.1) is 0 Å². The average molecular weight is 348 g/mol.